The molecule has 4 aromatic rings. The number of halogens is 1. The Labute approximate surface area is 157 Å². The van der Waals surface area contributed by atoms with Crippen molar-refractivity contribution in [1.29, 1.82) is 0 Å². The molecule has 0 bridgehead atoms. The second-order valence-electron chi connectivity index (χ2n) is 6.25. The first-order chi connectivity index (χ1) is 12.7. The largest absolute Gasteiger partial charge is 0.365 e. The van der Waals surface area contributed by atoms with Crippen LogP contribution < -0.4 is 5.32 Å². The average Bonchev–Trinajstić information content (AvgIpc) is 2.66. The van der Waals surface area contributed by atoms with E-state index in [1.807, 2.05) is 30.3 Å². The first-order valence-electron chi connectivity index (χ1n) is 8.52. The van der Waals surface area contributed by atoms with Gasteiger partial charge in [-0.2, -0.15) is 0 Å². The molecule has 0 radical (unpaired) electrons. The molecule has 4 rings (SSSR count). The van der Waals surface area contributed by atoms with E-state index in [1.54, 1.807) is 0 Å². The maximum Gasteiger partial charge on any atom is 0.224 e. The van der Waals surface area contributed by atoms with Gasteiger partial charge in [-0.05, 0) is 41.3 Å². The fourth-order valence-electron chi connectivity index (χ4n) is 3.15. The minimum atomic E-state index is 0.245. The van der Waals surface area contributed by atoms with Crippen molar-refractivity contribution in [3.8, 4) is 11.1 Å². The van der Waals surface area contributed by atoms with Gasteiger partial charge in [-0.1, -0.05) is 72.3 Å². The lowest BCUT2D eigenvalue weighted by atomic mass is 10.0. The molecule has 26 heavy (non-hydrogen) atoms. The van der Waals surface area contributed by atoms with Crippen molar-refractivity contribution in [2.75, 3.05) is 5.32 Å². The van der Waals surface area contributed by atoms with Crippen LogP contribution in [-0.2, 0) is 6.54 Å². The summed E-state index contributed by atoms with van der Waals surface area (Å²) in [6.07, 6.45) is 0. The Balaban J connectivity index is 1.80. The molecule has 0 atom stereocenters. The molecule has 0 fully saturated rings. The lowest BCUT2D eigenvalue weighted by molar-refractivity contribution is 1.10. The molecule has 0 aliphatic rings. The van der Waals surface area contributed by atoms with E-state index >= 15 is 0 Å². The van der Waals surface area contributed by atoms with Crippen LogP contribution in [0, 0.1) is 6.92 Å². The fourth-order valence-corrected chi connectivity index (χ4v) is 3.32. The number of nitrogens with zero attached hydrogens (tertiary/aromatic N) is 2. The van der Waals surface area contributed by atoms with Crippen molar-refractivity contribution in [1.82, 2.24) is 9.97 Å². The van der Waals surface area contributed by atoms with Gasteiger partial charge in [0, 0.05) is 6.54 Å². The molecule has 3 aromatic carbocycles. The lowest BCUT2D eigenvalue weighted by Gasteiger charge is -2.13. The Bertz CT molecular complexity index is 1060. The summed E-state index contributed by atoms with van der Waals surface area (Å²) in [5.41, 5.74) is 5.48. The Morgan fingerprint density at radius 3 is 2.50 bits per heavy atom. The molecule has 0 saturated carbocycles. The topological polar surface area (TPSA) is 37.8 Å². The SMILES string of the molecule is Cc1cccc(CNc2nc(Cl)nc3cccc(-c4ccccc4)c23)c1. The van der Waals surface area contributed by atoms with Crippen molar-refractivity contribution in [2.45, 2.75) is 13.5 Å². The standard InChI is InChI=1S/C22H18ClN3/c1-15-7-5-8-16(13-15)14-24-21-20-18(17-9-3-2-4-10-17)11-6-12-19(20)25-22(23)26-21/h2-13H,14H2,1H3,(H,24,25,26). The number of aryl methyl sites for hydroxylation is 1. The van der Waals surface area contributed by atoms with Crippen molar-refractivity contribution >= 4 is 28.3 Å². The molecule has 4 heteroatoms. The highest BCUT2D eigenvalue weighted by atomic mass is 35.5. The number of anilines is 1. The van der Waals surface area contributed by atoms with E-state index in [0.29, 0.717) is 6.54 Å². The number of rotatable bonds is 4. The van der Waals surface area contributed by atoms with E-state index in [-0.39, 0.29) is 5.28 Å². The summed E-state index contributed by atoms with van der Waals surface area (Å²) in [6, 6.07) is 24.7. The lowest BCUT2D eigenvalue weighted by Crippen LogP contribution is -2.04. The van der Waals surface area contributed by atoms with Crippen LogP contribution in [0.4, 0.5) is 5.82 Å². The quantitative estimate of drug-likeness (QED) is 0.463. The van der Waals surface area contributed by atoms with Crippen LogP contribution in [0.3, 0.4) is 0 Å². The Kier molecular flexibility index (Phi) is 4.55. The molecule has 3 nitrogen and oxygen atoms in total. The number of benzene rings is 3. The molecule has 0 saturated heterocycles. The van der Waals surface area contributed by atoms with Crippen molar-refractivity contribution in [3.05, 3.63) is 89.2 Å². The molecule has 0 spiro atoms. The van der Waals surface area contributed by atoms with Gasteiger partial charge in [-0.3, -0.25) is 0 Å². The molecule has 0 aliphatic carbocycles. The van der Waals surface area contributed by atoms with Crippen LogP contribution in [0.25, 0.3) is 22.0 Å². The average molecular weight is 360 g/mol. The maximum atomic E-state index is 6.17. The summed E-state index contributed by atoms with van der Waals surface area (Å²) in [4.78, 5) is 8.87. The Hall–Kier alpha value is -2.91. The van der Waals surface area contributed by atoms with Crippen LogP contribution in [0.2, 0.25) is 5.28 Å². The smallest absolute Gasteiger partial charge is 0.224 e. The van der Waals surface area contributed by atoms with Gasteiger partial charge in [-0.15, -0.1) is 0 Å². The Morgan fingerprint density at radius 2 is 1.69 bits per heavy atom. The molecular formula is C22H18ClN3. The molecule has 1 heterocycles. The zero-order valence-electron chi connectivity index (χ0n) is 14.4. The van der Waals surface area contributed by atoms with E-state index < -0.39 is 0 Å². The normalized spacial score (nSPS) is 10.8. The molecule has 0 amide bonds. The first-order valence-corrected chi connectivity index (χ1v) is 8.89. The van der Waals surface area contributed by atoms with Crippen molar-refractivity contribution in [2.24, 2.45) is 0 Å². The van der Waals surface area contributed by atoms with Gasteiger partial charge in [0.15, 0.2) is 0 Å². The van der Waals surface area contributed by atoms with Crippen molar-refractivity contribution in [3.63, 3.8) is 0 Å². The number of hydrogen-bond donors (Lipinski definition) is 1. The number of hydrogen-bond acceptors (Lipinski definition) is 3. The van der Waals surface area contributed by atoms with Crippen LogP contribution in [0.5, 0.6) is 0 Å². The third kappa shape index (κ3) is 3.39. The molecular weight excluding hydrogens is 342 g/mol. The molecule has 128 valence electrons. The van der Waals surface area contributed by atoms with Crippen LogP contribution in [0.15, 0.2) is 72.8 Å². The summed E-state index contributed by atoms with van der Waals surface area (Å²) in [5.74, 6) is 0.751. The van der Waals surface area contributed by atoms with Gasteiger partial charge in [-0.25, -0.2) is 9.97 Å². The molecule has 1 N–H and O–H groups in total. The van der Waals surface area contributed by atoms with E-state index in [9.17, 15) is 0 Å². The maximum absolute atomic E-state index is 6.17. The summed E-state index contributed by atoms with van der Waals surface area (Å²) in [7, 11) is 0. The van der Waals surface area contributed by atoms with E-state index in [0.717, 1.165) is 27.8 Å². The summed E-state index contributed by atoms with van der Waals surface area (Å²) >= 11 is 6.17. The third-order valence-electron chi connectivity index (χ3n) is 4.32. The monoisotopic (exact) mass is 359 g/mol. The highest BCUT2D eigenvalue weighted by Crippen LogP contribution is 2.33. The highest BCUT2D eigenvalue weighted by Gasteiger charge is 2.12. The van der Waals surface area contributed by atoms with Gasteiger partial charge < -0.3 is 5.32 Å². The predicted octanol–water partition coefficient (Wildman–Crippen LogP) is 5.87. The van der Waals surface area contributed by atoms with E-state index in [4.69, 9.17) is 11.6 Å². The van der Waals surface area contributed by atoms with E-state index in [1.165, 1.54) is 11.1 Å². The van der Waals surface area contributed by atoms with Gasteiger partial charge in [0.25, 0.3) is 0 Å². The number of nitrogens with one attached hydrogen (secondary N) is 1. The molecule has 1 aromatic heterocycles. The van der Waals surface area contributed by atoms with Gasteiger partial charge in [0.2, 0.25) is 5.28 Å². The van der Waals surface area contributed by atoms with Crippen LogP contribution in [-0.4, -0.2) is 9.97 Å². The van der Waals surface area contributed by atoms with Crippen LogP contribution >= 0.6 is 11.6 Å². The summed E-state index contributed by atoms with van der Waals surface area (Å²) in [5, 5.41) is 4.67. The molecule has 0 unspecified atom stereocenters. The number of fused-ring (bicyclic) bond motifs is 1. The second kappa shape index (κ2) is 7.14. The van der Waals surface area contributed by atoms with Crippen LogP contribution in [0.1, 0.15) is 11.1 Å². The third-order valence-corrected chi connectivity index (χ3v) is 4.49. The van der Waals surface area contributed by atoms with Gasteiger partial charge in [0.05, 0.1) is 10.9 Å². The minimum Gasteiger partial charge on any atom is -0.365 e. The minimum absolute atomic E-state index is 0.245. The van der Waals surface area contributed by atoms with Crippen molar-refractivity contribution < 1.29 is 0 Å². The van der Waals surface area contributed by atoms with E-state index in [2.05, 4.69) is 64.7 Å². The zero-order chi connectivity index (χ0) is 17.9. The Morgan fingerprint density at radius 1 is 0.885 bits per heavy atom. The zero-order valence-corrected chi connectivity index (χ0v) is 15.2. The predicted molar refractivity (Wildman–Crippen MR) is 108 cm³/mol. The number of aromatic nitrogens is 2. The first kappa shape index (κ1) is 16.6. The summed E-state index contributed by atoms with van der Waals surface area (Å²) < 4.78 is 0. The molecule has 0 aliphatic heterocycles. The highest BCUT2D eigenvalue weighted by molar-refractivity contribution is 6.29. The second-order valence-corrected chi connectivity index (χ2v) is 6.59. The van der Waals surface area contributed by atoms with Gasteiger partial charge in [0.1, 0.15) is 5.82 Å². The fraction of sp³-hybridized carbons (Fsp3) is 0.0909. The summed E-state index contributed by atoms with van der Waals surface area (Å²) in [6.45, 7) is 2.77. The van der Waals surface area contributed by atoms with Gasteiger partial charge >= 0.3 is 0 Å².